The van der Waals surface area contributed by atoms with E-state index in [1.165, 1.54) is 36.0 Å². The molecule has 4 rings (SSSR count). The first-order chi connectivity index (χ1) is 14.0. The lowest BCUT2D eigenvalue weighted by molar-refractivity contribution is -0.127. The third-order valence-corrected chi connectivity index (χ3v) is 7.07. The highest BCUT2D eigenvalue weighted by atomic mass is 35.5. The molecule has 1 heterocycles. The minimum Gasteiger partial charge on any atom is -0.349 e. The molecule has 1 amide bonds. The van der Waals surface area contributed by atoms with Crippen molar-refractivity contribution in [3.05, 3.63) is 68.7 Å². The number of halogens is 2. The fraction of sp³-hybridized carbons (Fsp3) is 0.458. The summed E-state index contributed by atoms with van der Waals surface area (Å²) in [5.74, 6) is 0.282. The molecule has 2 aliphatic rings. The van der Waals surface area contributed by atoms with E-state index in [-0.39, 0.29) is 17.9 Å². The summed E-state index contributed by atoms with van der Waals surface area (Å²) in [6.45, 7) is 4.78. The molecule has 5 heteroatoms. The van der Waals surface area contributed by atoms with Gasteiger partial charge in [0.05, 0.1) is 16.1 Å². The van der Waals surface area contributed by atoms with Crippen molar-refractivity contribution in [3.63, 3.8) is 0 Å². The average molecular weight is 431 g/mol. The van der Waals surface area contributed by atoms with Gasteiger partial charge in [0, 0.05) is 12.5 Å². The lowest BCUT2D eigenvalue weighted by atomic mass is 9.94. The zero-order valence-electron chi connectivity index (χ0n) is 16.9. The van der Waals surface area contributed by atoms with Gasteiger partial charge >= 0.3 is 0 Å². The summed E-state index contributed by atoms with van der Waals surface area (Å²) in [6.07, 6.45) is 5.40. The maximum absolute atomic E-state index is 12.8. The third kappa shape index (κ3) is 4.96. The molecule has 2 aromatic carbocycles. The van der Waals surface area contributed by atoms with E-state index < -0.39 is 0 Å². The second kappa shape index (κ2) is 9.07. The van der Waals surface area contributed by atoms with Crippen LogP contribution in [-0.2, 0) is 24.2 Å². The van der Waals surface area contributed by atoms with Crippen molar-refractivity contribution in [1.82, 2.24) is 10.2 Å². The Labute approximate surface area is 183 Å². The molecular weight excluding hydrogens is 403 g/mol. The molecule has 3 nitrogen and oxygen atoms in total. The second-order valence-electron chi connectivity index (χ2n) is 8.41. The largest absolute Gasteiger partial charge is 0.349 e. The smallest absolute Gasteiger partial charge is 0.223 e. The molecule has 0 bridgehead atoms. The molecule has 1 saturated heterocycles. The number of amides is 1. The summed E-state index contributed by atoms with van der Waals surface area (Å²) in [6, 6.07) is 12.6. The van der Waals surface area contributed by atoms with E-state index in [0.717, 1.165) is 38.0 Å². The van der Waals surface area contributed by atoms with Crippen molar-refractivity contribution in [2.24, 2.45) is 5.92 Å². The molecule has 0 radical (unpaired) electrons. The normalized spacial score (nSPS) is 18.4. The molecule has 1 unspecified atom stereocenters. The number of fused-ring (bicyclic) bond motifs is 1. The monoisotopic (exact) mass is 430 g/mol. The number of hydrogen-bond donors (Lipinski definition) is 1. The zero-order chi connectivity index (χ0) is 20.4. The maximum Gasteiger partial charge on any atom is 0.223 e. The zero-order valence-corrected chi connectivity index (χ0v) is 18.4. The standard InChI is InChI=1S/C24H28Cl2N2O/c1-16(20-7-6-18-3-2-4-21(18)14-20)27-24(29)19-9-11-28(12-10-19)15-17-5-8-22(25)23(26)13-17/h5-8,13-14,16,19H,2-4,9-12,15H2,1H3,(H,27,29). The SMILES string of the molecule is CC(NC(=O)C1CCN(Cc2ccc(Cl)c(Cl)c2)CC1)c1ccc2c(c1)CCC2. The second-order valence-corrected chi connectivity index (χ2v) is 9.23. The molecule has 0 aromatic heterocycles. The topological polar surface area (TPSA) is 32.3 Å². The Morgan fingerprint density at radius 1 is 1.07 bits per heavy atom. The van der Waals surface area contributed by atoms with Crippen molar-refractivity contribution in [3.8, 4) is 0 Å². The lowest BCUT2D eigenvalue weighted by Crippen LogP contribution is -2.40. The van der Waals surface area contributed by atoms with Crippen molar-refractivity contribution < 1.29 is 4.79 Å². The number of hydrogen-bond acceptors (Lipinski definition) is 2. The highest BCUT2D eigenvalue weighted by Gasteiger charge is 2.26. The van der Waals surface area contributed by atoms with Gasteiger partial charge in [-0.15, -0.1) is 0 Å². The Hall–Kier alpha value is -1.55. The van der Waals surface area contributed by atoms with E-state index in [0.29, 0.717) is 10.0 Å². The van der Waals surface area contributed by atoms with Crippen LogP contribution in [0.2, 0.25) is 10.0 Å². The van der Waals surface area contributed by atoms with Gasteiger partial charge in [-0.05, 0) is 86.5 Å². The molecule has 0 saturated carbocycles. The van der Waals surface area contributed by atoms with E-state index in [1.54, 1.807) is 0 Å². The summed E-state index contributed by atoms with van der Waals surface area (Å²) in [7, 11) is 0. The highest BCUT2D eigenvalue weighted by molar-refractivity contribution is 6.42. The van der Waals surface area contributed by atoms with Crippen LogP contribution in [0.15, 0.2) is 36.4 Å². The molecule has 0 spiro atoms. The van der Waals surface area contributed by atoms with Crippen molar-refractivity contribution >= 4 is 29.1 Å². The molecule has 1 N–H and O–H groups in total. The summed E-state index contributed by atoms with van der Waals surface area (Å²) >= 11 is 12.1. The third-order valence-electron chi connectivity index (χ3n) is 6.33. The van der Waals surface area contributed by atoms with E-state index in [4.69, 9.17) is 23.2 Å². The van der Waals surface area contributed by atoms with Gasteiger partial charge in [0.1, 0.15) is 0 Å². The molecule has 1 aliphatic heterocycles. The first-order valence-electron chi connectivity index (χ1n) is 10.6. The Morgan fingerprint density at radius 2 is 1.83 bits per heavy atom. The fourth-order valence-corrected chi connectivity index (χ4v) is 4.85. The Morgan fingerprint density at radius 3 is 2.59 bits per heavy atom. The molecule has 154 valence electrons. The van der Waals surface area contributed by atoms with Gasteiger partial charge in [-0.2, -0.15) is 0 Å². The Balaban J connectivity index is 1.28. The van der Waals surface area contributed by atoms with Crippen LogP contribution in [0.5, 0.6) is 0 Å². The Bertz CT molecular complexity index is 890. The Kier molecular flexibility index (Phi) is 6.48. The number of carbonyl (C=O) groups is 1. The van der Waals surface area contributed by atoms with Gasteiger partial charge in [-0.1, -0.05) is 47.5 Å². The summed E-state index contributed by atoms with van der Waals surface area (Å²) in [5.41, 5.74) is 5.31. The molecule has 1 aliphatic carbocycles. The van der Waals surface area contributed by atoms with E-state index >= 15 is 0 Å². The molecule has 29 heavy (non-hydrogen) atoms. The van der Waals surface area contributed by atoms with Gasteiger partial charge in [0.2, 0.25) is 5.91 Å². The van der Waals surface area contributed by atoms with Crippen LogP contribution in [0.3, 0.4) is 0 Å². The van der Waals surface area contributed by atoms with Crippen molar-refractivity contribution in [1.29, 1.82) is 0 Å². The predicted octanol–water partition coefficient (Wildman–Crippen LogP) is 5.57. The van der Waals surface area contributed by atoms with Gasteiger partial charge in [0.25, 0.3) is 0 Å². The van der Waals surface area contributed by atoms with Crippen LogP contribution in [0.1, 0.15) is 54.5 Å². The molecule has 1 fully saturated rings. The minimum atomic E-state index is 0.0580. The van der Waals surface area contributed by atoms with Crippen LogP contribution >= 0.6 is 23.2 Å². The summed E-state index contributed by atoms with van der Waals surface area (Å²) in [4.78, 5) is 15.2. The number of aryl methyl sites for hydroxylation is 2. The maximum atomic E-state index is 12.8. The lowest BCUT2D eigenvalue weighted by Gasteiger charge is -2.32. The van der Waals surface area contributed by atoms with Gasteiger partial charge in [-0.25, -0.2) is 0 Å². The van der Waals surface area contributed by atoms with Crippen LogP contribution in [0.4, 0.5) is 0 Å². The first kappa shape index (κ1) is 20.7. The number of benzene rings is 2. The number of rotatable bonds is 5. The highest BCUT2D eigenvalue weighted by Crippen LogP contribution is 2.27. The number of carbonyl (C=O) groups excluding carboxylic acids is 1. The number of nitrogens with zero attached hydrogens (tertiary/aromatic N) is 1. The summed E-state index contributed by atoms with van der Waals surface area (Å²) < 4.78 is 0. The van der Waals surface area contributed by atoms with Crippen LogP contribution in [-0.4, -0.2) is 23.9 Å². The van der Waals surface area contributed by atoms with Crippen LogP contribution in [0, 0.1) is 5.92 Å². The van der Waals surface area contributed by atoms with Gasteiger partial charge < -0.3 is 5.32 Å². The predicted molar refractivity (Wildman–Crippen MR) is 119 cm³/mol. The minimum absolute atomic E-state index is 0.0580. The summed E-state index contributed by atoms with van der Waals surface area (Å²) in [5, 5.41) is 4.43. The number of likely N-dealkylation sites (tertiary alicyclic amines) is 1. The number of piperidine rings is 1. The van der Waals surface area contributed by atoms with E-state index in [2.05, 4.69) is 35.3 Å². The van der Waals surface area contributed by atoms with Crippen LogP contribution < -0.4 is 5.32 Å². The van der Waals surface area contributed by atoms with Gasteiger partial charge in [0.15, 0.2) is 0 Å². The van der Waals surface area contributed by atoms with Gasteiger partial charge in [-0.3, -0.25) is 9.69 Å². The molecule has 2 aromatic rings. The quantitative estimate of drug-likeness (QED) is 0.671. The number of nitrogens with one attached hydrogen (secondary N) is 1. The van der Waals surface area contributed by atoms with Crippen LogP contribution in [0.25, 0.3) is 0 Å². The average Bonchev–Trinajstić information content (AvgIpc) is 3.19. The van der Waals surface area contributed by atoms with E-state index in [9.17, 15) is 4.79 Å². The van der Waals surface area contributed by atoms with E-state index in [1.807, 2.05) is 18.2 Å². The molecular formula is C24H28Cl2N2O. The fourth-order valence-electron chi connectivity index (χ4n) is 4.53. The van der Waals surface area contributed by atoms with Crippen molar-refractivity contribution in [2.45, 2.75) is 51.6 Å². The van der Waals surface area contributed by atoms with Crippen molar-refractivity contribution in [2.75, 3.05) is 13.1 Å². The molecule has 1 atom stereocenters. The first-order valence-corrected chi connectivity index (χ1v) is 11.3.